The molecule has 1 heterocycles. The van der Waals surface area contributed by atoms with Crippen LogP contribution in [0.5, 0.6) is 0 Å². The molecule has 0 aliphatic heterocycles. The quantitative estimate of drug-likeness (QED) is 0.678. The van der Waals surface area contributed by atoms with Crippen molar-refractivity contribution in [2.45, 2.75) is 19.3 Å². The van der Waals surface area contributed by atoms with E-state index in [2.05, 4.69) is 10.3 Å². The molecule has 0 fully saturated rings. The molecule has 0 bridgehead atoms. The number of nitrogens with zero attached hydrogens (tertiary/aromatic N) is 1. The maximum atomic E-state index is 11.7. The van der Waals surface area contributed by atoms with Gasteiger partial charge in [0.2, 0.25) is 5.91 Å². The van der Waals surface area contributed by atoms with Crippen molar-refractivity contribution in [1.82, 2.24) is 15.2 Å². The average molecular weight is 223 g/mol. The van der Waals surface area contributed by atoms with Gasteiger partial charge in [-0.3, -0.25) is 4.79 Å². The van der Waals surface area contributed by atoms with Crippen LogP contribution in [0.25, 0.3) is 0 Å². The SMILES string of the molecule is CNCCCC(=O)N(C)CCc1ccc[nH]1. The zero-order valence-electron chi connectivity index (χ0n) is 10.1. The van der Waals surface area contributed by atoms with Crippen LogP contribution in [-0.2, 0) is 11.2 Å². The van der Waals surface area contributed by atoms with E-state index < -0.39 is 0 Å². The zero-order valence-corrected chi connectivity index (χ0v) is 10.1. The smallest absolute Gasteiger partial charge is 0.222 e. The summed E-state index contributed by atoms with van der Waals surface area (Å²) in [5, 5.41) is 3.04. The first-order valence-corrected chi connectivity index (χ1v) is 5.75. The Balaban J connectivity index is 2.18. The molecule has 1 aromatic heterocycles. The Morgan fingerprint density at radius 1 is 1.56 bits per heavy atom. The van der Waals surface area contributed by atoms with Gasteiger partial charge in [-0.25, -0.2) is 0 Å². The summed E-state index contributed by atoms with van der Waals surface area (Å²) in [7, 11) is 3.77. The van der Waals surface area contributed by atoms with E-state index in [-0.39, 0.29) is 5.91 Å². The summed E-state index contributed by atoms with van der Waals surface area (Å²) in [5.41, 5.74) is 1.18. The molecular weight excluding hydrogens is 202 g/mol. The number of aromatic nitrogens is 1. The van der Waals surface area contributed by atoms with Crippen LogP contribution in [0.15, 0.2) is 18.3 Å². The molecule has 16 heavy (non-hydrogen) atoms. The Morgan fingerprint density at radius 3 is 3.00 bits per heavy atom. The molecule has 0 saturated heterocycles. The second kappa shape index (κ2) is 7.06. The second-order valence-electron chi connectivity index (χ2n) is 3.97. The maximum absolute atomic E-state index is 11.7. The van der Waals surface area contributed by atoms with Gasteiger partial charge in [0.25, 0.3) is 0 Å². The van der Waals surface area contributed by atoms with Crippen molar-refractivity contribution in [2.75, 3.05) is 27.2 Å². The third-order valence-electron chi connectivity index (χ3n) is 2.62. The van der Waals surface area contributed by atoms with Gasteiger partial charge in [0.1, 0.15) is 0 Å². The molecule has 2 N–H and O–H groups in total. The average Bonchev–Trinajstić information content (AvgIpc) is 2.79. The van der Waals surface area contributed by atoms with Crippen LogP contribution in [0.3, 0.4) is 0 Å². The highest BCUT2D eigenvalue weighted by Gasteiger charge is 2.07. The molecular formula is C12H21N3O. The van der Waals surface area contributed by atoms with Crippen molar-refractivity contribution in [3.8, 4) is 0 Å². The lowest BCUT2D eigenvalue weighted by Crippen LogP contribution is -2.29. The number of carbonyl (C=O) groups is 1. The molecule has 90 valence electrons. The van der Waals surface area contributed by atoms with Gasteiger partial charge < -0.3 is 15.2 Å². The number of carbonyl (C=O) groups excluding carboxylic acids is 1. The van der Waals surface area contributed by atoms with Crippen molar-refractivity contribution in [3.05, 3.63) is 24.0 Å². The molecule has 0 unspecified atom stereocenters. The van der Waals surface area contributed by atoms with Crippen molar-refractivity contribution in [3.63, 3.8) is 0 Å². The summed E-state index contributed by atoms with van der Waals surface area (Å²) in [5.74, 6) is 0.224. The molecule has 4 nitrogen and oxygen atoms in total. The van der Waals surface area contributed by atoms with Crippen LogP contribution in [0.2, 0.25) is 0 Å². The molecule has 0 radical (unpaired) electrons. The van der Waals surface area contributed by atoms with Gasteiger partial charge in [-0.15, -0.1) is 0 Å². The standard InChI is InChI=1S/C12H21N3O/c1-13-8-4-6-12(16)15(2)10-7-11-5-3-9-14-11/h3,5,9,13-14H,4,6-8,10H2,1-2H3. The summed E-state index contributed by atoms with van der Waals surface area (Å²) >= 11 is 0. The van der Waals surface area contributed by atoms with Gasteiger partial charge in [0.15, 0.2) is 0 Å². The summed E-state index contributed by atoms with van der Waals surface area (Å²) in [6.45, 7) is 1.68. The number of hydrogen-bond donors (Lipinski definition) is 2. The predicted molar refractivity (Wildman–Crippen MR) is 65.3 cm³/mol. The lowest BCUT2D eigenvalue weighted by molar-refractivity contribution is -0.129. The summed E-state index contributed by atoms with van der Waals surface area (Å²) in [4.78, 5) is 16.6. The third kappa shape index (κ3) is 4.49. The first-order chi connectivity index (χ1) is 7.74. The lowest BCUT2D eigenvalue weighted by Gasteiger charge is -2.16. The molecule has 4 heteroatoms. The highest BCUT2D eigenvalue weighted by atomic mass is 16.2. The number of rotatable bonds is 7. The first kappa shape index (κ1) is 12.8. The molecule has 0 saturated carbocycles. The molecule has 0 aromatic carbocycles. The minimum absolute atomic E-state index is 0.224. The molecule has 0 atom stereocenters. The number of amides is 1. The van der Waals surface area contributed by atoms with Crippen molar-refractivity contribution >= 4 is 5.91 Å². The Bertz CT molecular complexity index is 295. The largest absolute Gasteiger partial charge is 0.365 e. The van der Waals surface area contributed by atoms with E-state index in [1.807, 2.05) is 32.4 Å². The monoisotopic (exact) mass is 223 g/mol. The van der Waals surface area contributed by atoms with Gasteiger partial charge in [-0.05, 0) is 32.1 Å². The van der Waals surface area contributed by atoms with Crippen molar-refractivity contribution in [1.29, 1.82) is 0 Å². The Kier molecular flexibility index (Phi) is 5.64. The highest BCUT2D eigenvalue weighted by molar-refractivity contribution is 5.75. The van der Waals surface area contributed by atoms with Crippen molar-refractivity contribution in [2.24, 2.45) is 0 Å². The van der Waals surface area contributed by atoms with Gasteiger partial charge in [0.05, 0.1) is 0 Å². The van der Waals surface area contributed by atoms with Crippen LogP contribution >= 0.6 is 0 Å². The van der Waals surface area contributed by atoms with Gasteiger partial charge >= 0.3 is 0 Å². The highest BCUT2D eigenvalue weighted by Crippen LogP contribution is 2.00. The number of hydrogen-bond acceptors (Lipinski definition) is 2. The second-order valence-corrected chi connectivity index (χ2v) is 3.97. The molecule has 1 rings (SSSR count). The van der Waals surface area contributed by atoms with Gasteiger partial charge in [0, 0.05) is 38.3 Å². The Labute approximate surface area is 97.0 Å². The van der Waals surface area contributed by atoms with Gasteiger partial charge in [-0.2, -0.15) is 0 Å². The number of likely N-dealkylation sites (N-methyl/N-ethyl adjacent to an activating group) is 1. The van der Waals surface area contributed by atoms with Crippen LogP contribution in [0.4, 0.5) is 0 Å². The summed E-state index contributed by atoms with van der Waals surface area (Å²) in [6, 6.07) is 4.02. The fourth-order valence-electron chi connectivity index (χ4n) is 1.54. The molecule has 1 aromatic rings. The summed E-state index contributed by atoms with van der Waals surface area (Å²) < 4.78 is 0. The van der Waals surface area contributed by atoms with Crippen LogP contribution < -0.4 is 5.32 Å². The minimum Gasteiger partial charge on any atom is -0.365 e. The normalized spacial score (nSPS) is 10.4. The van der Waals surface area contributed by atoms with Crippen molar-refractivity contribution < 1.29 is 4.79 Å². The maximum Gasteiger partial charge on any atom is 0.222 e. The van der Waals surface area contributed by atoms with E-state index in [9.17, 15) is 4.79 Å². The third-order valence-corrected chi connectivity index (χ3v) is 2.62. The molecule has 0 aliphatic rings. The number of nitrogens with one attached hydrogen (secondary N) is 2. The molecule has 0 spiro atoms. The van der Waals surface area contributed by atoms with E-state index in [1.54, 1.807) is 4.90 Å². The van der Waals surface area contributed by atoms with E-state index in [0.29, 0.717) is 6.42 Å². The van der Waals surface area contributed by atoms with Crippen LogP contribution in [0.1, 0.15) is 18.5 Å². The minimum atomic E-state index is 0.224. The van der Waals surface area contributed by atoms with E-state index >= 15 is 0 Å². The lowest BCUT2D eigenvalue weighted by atomic mass is 10.2. The Hall–Kier alpha value is -1.29. The van der Waals surface area contributed by atoms with Gasteiger partial charge in [-0.1, -0.05) is 0 Å². The van der Waals surface area contributed by atoms with E-state index in [4.69, 9.17) is 0 Å². The fourth-order valence-corrected chi connectivity index (χ4v) is 1.54. The van der Waals surface area contributed by atoms with E-state index in [0.717, 1.165) is 25.9 Å². The molecule has 0 aliphatic carbocycles. The van der Waals surface area contributed by atoms with Crippen LogP contribution in [0, 0.1) is 0 Å². The fraction of sp³-hybridized carbons (Fsp3) is 0.583. The predicted octanol–water partition coefficient (Wildman–Crippen LogP) is 1.02. The molecule has 1 amide bonds. The number of H-pyrrole nitrogens is 1. The zero-order chi connectivity index (χ0) is 11.8. The van der Waals surface area contributed by atoms with E-state index in [1.165, 1.54) is 5.69 Å². The van der Waals surface area contributed by atoms with Crippen LogP contribution in [-0.4, -0.2) is 43.0 Å². The summed E-state index contributed by atoms with van der Waals surface area (Å²) in [6.07, 6.45) is 4.33. The Morgan fingerprint density at radius 2 is 2.38 bits per heavy atom. The topological polar surface area (TPSA) is 48.1 Å². The number of aromatic amines is 1. The first-order valence-electron chi connectivity index (χ1n) is 5.75.